The Hall–Kier alpha value is -3.08. The molecule has 1 aromatic heterocycles. The molecule has 2 heterocycles. The predicted octanol–water partition coefficient (Wildman–Crippen LogP) is 4.57. The minimum atomic E-state index is 0.0350. The molecule has 150 valence electrons. The largest absolute Gasteiger partial charge is 0.494 e. The van der Waals surface area contributed by atoms with Crippen LogP contribution in [0, 0.1) is 5.92 Å². The van der Waals surface area contributed by atoms with E-state index >= 15 is 0 Å². The number of carbonyl (C=O) groups is 1. The number of nitrogens with one attached hydrogen (secondary N) is 1. The fourth-order valence-electron chi connectivity index (χ4n) is 3.93. The van der Waals surface area contributed by atoms with Gasteiger partial charge in [-0.05, 0) is 68.0 Å². The topological polar surface area (TPSA) is 58.2 Å². The molecule has 0 unspecified atom stereocenters. The van der Waals surface area contributed by atoms with Gasteiger partial charge in [-0.25, -0.2) is 0 Å². The number of hydrogen-bond donors (Lipinski definition) is 1. The Kier molecular flexibility index (Phi) is 5.94. The van der Waals surface area contributed by atoms with Crippen molar-refractivity contribution in [3.63, 3.8) is 0 Å². The summed E-state index contributed by atoms with van der Waals surface area (Å²) in [5.74, 6) is 1.51. The highest BCUT2D eigenvalue weighted by atomic mass is 16.5. The third-order valence-electron chi connectivity index (χ3n) is 5.54. The molecule has 4 rings (SSSR count). The van der Waals surface area contributed by atoms with Crippen LogP contribution in [0.4, 0.5) is 0 Å². The van der Waals surface area contributed by atoms with Gasteiger partial charge in [0, 0.05) is 18.7 Å². The SMILES string of the molecule is CCOc1ccc(-c2cc(C(=O)N3CCC(Cc4ccccc4)CC3)[nH]n2)cc1. The Balaban J connectivity index is 1.34. The van der Waals surface area contributed by atoms with E-state index in [-0.39, 0.29) is 5.91 Å². The molecule has 1 fully saturated rings. The molecule has 1 amide bonds. The Labute approximate surface area is 171 Å². The summed E-state index contributed by atoms with van der Waals surface area (Å²) in [5, 5.41) is 7.26. The van der Waals surface area contributed by atoms with Gasteiger partial charge in [0.05, 0.1) is 12.3 Å². The second-order valence-corrected chi connectivity index (χ2v) is 7.55. The van der Waals surface area contributed by atoms with Gasteiger partial charge in [0.2, 0.25) is 0 Å². The zero-order chi connectivity index (χ0) is 20.1. The van der Waals surface area contributed by atoms with Gasteiger partial charge < -0.3 is 9.64 Å². The van der Waals surface area contributed by atoms with Gasteiger partial charge in [0.25, 0.3) is 5.91 Å². The fraction of sp³-hybridized carbons (Fsp3) is 0.333. The van der Waals surface area contributed by atoms with Crippen molar-refractivity contribution in [2.45, 2.75) is 26.2 Å². The third kappa shape index (κ3) is 4.67. The Morgan fingerprint density at radius 2 is 1.83 bits per heavy atom. The first-order valence-electron chi connectivity index (χ1n) is 10.3. The summed E-state index contributed by atoms with van der Waals surface area (Å²) in [5.41, 5.74) is 3.67. The molecule has 1 saturated heterocycles. The van der Waals surface area contributed by atoms with Crippen LogP contribution in [0.5, 0.6) is 5.75 Å². The van der Waals surface area contributed by atoms with Crippen LogP contribution in [0.1, 0.15) is 35.8 Å². The number of carbonyl (C=O) groups excluding carboxylic acids is 1. The lowest BCUT2D eigenvalue weighted by Gasteiger charge is -2.31. The van der Waals surface area contributed by atoms with Gasteiger partial charge in [0.1, 0.15) is 11.4 Å². The first kappa shape index (κ1) is 19.2. The average molecular weight is 389 g/mol. The molecule has 2 aromatic carbocycles. The minimum Gasteiger partial charge on any atom is -0.494 e. The van der Waals surface area contributed by atoms with Crippen molar-refractivity contribution in [2.75, 3.05) is 19.7 Å². The molecular weight excluding hydrogens is 362 g/mol. The maximum atomic E-state index is 12.9. The van der Waals surface area contributed by atoms with E-state index in [4.69, 9.17) is 4.74 Å². The number of aromatic amines is 1. The molecule has 29 heavy (non-hydrogen) atoms. The molecule has 3 aromatic rings. The van der Waals surface area contributed by atoms with Crippen LogP contribution < -0.4 is 4.74 Å². The van der Waals surface area contributed by atoms with Gasteiger partial charge in [-0.1, -0.05) is 30.3 Å². The Morgan fingerprint density at radius 1 is 1.10 bits per heavy atom. The molecule has 0 radical (unpaired) electrons. The molecular formula is C24H27N3O2. The molecule has 0 atom stereocenters. The van der Waals surface area contributed by atoms with Crippen molar-refractivity contribution in [1.29, 1.82) is 0 Å². The molecule has 1 aliphatic rings. The van der Waals surface area contributed by atoms with E-state index in [2.05, 4.69) is 40.5 Å². The van der Waals surface area contributed by atoms with E-state index in [1.54, 1.807) is 0 Å². The Morgan fingerprint density at radius 3 is 2.52 bits per heavy atom. The molecule has 0 aliphatic carbocycles. The van der Waals surface area contributed by atoms with Gasteiger partial charge in [-0.3, -0.25) is 9.89 Å². The van der Waals surface area contributed by atoms with E-state index < -0.39 is 0 Å². The van der Waals surface area contributed by atoms with E-state index in [0.717, 1.165) is 49.4 Å². The number of H-pyrrole nitrogens is 1. The Bertz CT molecular complexity index is 926. The lowest BCUT2D eigenvalue weighted by atomic mass is 9.90. The third-order valence-corrected chi connectivity index (χ3v) is 5.54. The van der Waals surface area contributed by atoms with E-state index in [9.17, 15) is 4.79 Å². The number of benzene rings is 2. The smallest absolute Gasteiger partial charge is 0.271 e. The van der Waals surface area contributed by atoms with Crippen LogP contribution in [0.2, 0.25) is 0 Å². The zero-order valence-corrected chi connectivity index (χ0v) is 16.8. The molecule has 5 heteroatoms. The maximum absolute atomic E-state index is 12.9. The molecule has 1 N–H and O–H groups in total. The van der Waals surface area contributed by atoms with Gasteiger partial charge >= 0.3 is 0 Å². The summed E-state index contributed by atoms with van der Waals surface area (Å²) in [4.78, 5) is 14.8. The van der Waals surface area contributed by atoms with Crippen LogP contribution in [0.25, 0.3) is 11.3 Å². The van der Waals surface area contributed by atoms with Crippen molar-refractivity contribution in [3.8, 4) is 17.0 Å². The van der Waals surface area contributed by atoms with E-state index in [1.165, 1.54) is 5.56 Å². The van der Waals surface area contributed by atoms with Gasteiger partial charge in [-0.2, -0.15) is 5.10 Å². The van der Waals surface area contributed by atoms with Gasteiger partial charge in [0.15, 0.2) is 0 Å². The van der Waals surface area contributed by atoms with Crippen molar-refractivity contribution >= 4 is 5.91 Å². The number of piperidine rings is 1. The second-order valence-electron chi connectivity index (χ2n) is 7.55. The van der Waals surface area contributed by atoms with Gasteiger partial charge in [-0.15, -0.1) is 0 Å². The first-order chi connectivity index (χ1) is 14.2. The number of ether oxygens (including phenoxy) is 1. The molecule has 0 saturated carbocycles. The summed E-state index contributed by atoms with van der Waals surface area (Å²) >= 11 is 0. The maximum Gasteiger partial charge on any atom is 0.271 e. The molecule has 1 aliphatic heterocycles. The van der Waals surface area contributed by atoms with E-state index in [1.807, 2.05) is 42.2 Å². The van der Waals surface area contributed by atoms with Crippen LogP contribution in [0.15, 0.2) is 60.7 Å². The van der Waals surface area contributed by atoms with Crippen LogP contribution in [-0.4, -0.2) is 40.7 Å². The van der Waals surface area contributed by atoms with E-state index in [0.29, 0.717) is 18.2 Å². The normalized spacial score (nSPS) is 14.7. The van der Waals surface area contributed by atoms with Crippen molar-refractivity contribution in [1.82, 2.24) is 15.1 Å². The number of rotatable bonds is 6. The summed E-state index contributed by atoms with van der Waals surface area (Å²) in [6.07, 6.45) is 3.18. The van der Waals surface area contributed by atoms with Crippen LogP contribution in [0.3, 0.4) is 0 Å². The first-order valence-corrected chi connectivity index (χ1v) is 10.3. The number of hydrogen-bond acceptors (Lipinski definition) is 3. The average Bonchev–Trinajstić information content (AvgIpc) is 3.26. The van der Waals surface area contributed by atoms with Crippen molar-refractivity contribution in [2.24, 2.45) is 5.92 Å². The number of amides is 1. The monoisotopic (exact) mass is 389 g/mol. The van der Waals surface area contributed by atoms with Crippen LogP contribution >= 0.6 is 0 Å². The number of aromatic nitrogens is 2. The highest BCUT2D eigenvalue weighted by Gasteiger charge is 2.25. The molecule has 0 bridgehead atoms. The molecule has 5 nitrogen and oxygen atoms in total. The quantitative estimate of drug-likeness (QED) is 0.672. The fourth-order valence-corrected chi connectivity index (χ4v) is 3.93. The minimum absolute atomic E-state index is 0.0350. The molecule has 0 spiro atoms. The standard InChI is InChI=1S/C24H27N3O2/c1-2-29-21-10-8-20(9-11-21)22-17-23(26-25-22)24(28)27-14-12-19(13-15-27)16-18-6-4-3-5-7-18/h3-11,17,19H,2,12-16H2,1H3,(H,25,26). The van der Waals surface area contributed by atoms with Crippen molar-refractivity contribution < 1.29 is 9.53 Å². The second kappa shape index (κ2) is 8.95. The lowest BCUT2D eigenvalue weighted by molar-refractivity contribution is 0.0684. The number of nitrogens with zero attached hydrogens (tertiary/aromatic N) is 2. The zero-order valence-electron chi connectivity index (χ0n) is 16.8. The summed E-state index contributed by atoms with van der Waals surface area (Å²) in [6, 6.07) is 20.2. The van der Waals surface area contributed by atoms with Crippen molar-refractivity contribution in [3.05, 3.63) is 71.9 Å². The predicted molar refractivity (Wildman–Crippen MR) is 114 cm³/mol. The van der Waals surface area contributed by atoms with Crippen LogP contribution in [-0.2, 0) is 6.42 Å². The highest BCUT2D eigenvalue weighted by molar-refractivity contribution is 5.93. The summed E-state index contributed by atoms with van der Waals surface area (Å²) in [7, 11) is 0. The summed E-state index contributed by atoms with van der Waals surface area (Å²) < 4.78 is 5.48. The summed E-state index contributed by atoms with van der Waals surface area (Å²) in [6.45, 7) is 4.20. The highest BCUT2D eigenvalue weighted by Crippen LogP contribution is 2.25. The lowest BCUT2D eigenvalue weighted by Crippen LogP contribution is -2.39. The number of likely N-dealkylation sites (tertiary alicyclic amines) is 1.